The van der Waals surface area contributed by atoms with Gasteiger partial charge in [-0.3, -0.25) is 9.59 Å². The predicted molar refractivity (Wildman–Crippen MR) is 91.6 cm³/mol. The first-order chi connectivity index (χ1) is 12.0. The highest BCUT2D eigenvalue weighted by atomic mass is 16.5. The fraction of sp³-hybridized carbons (Fsp3) is 0.158. The van der Waals surface area contributed by atoms with Gasteiger partial charge in [0.25, 0.3) is 0 Å². The molecular formula is C19H16O6. The van der Waals surface area contributed by atoms with Gasteiger partial charge in [-0.1, -0.05) is 6.07 Å². The number of hydrogen-bond acceptors (Lipinski definition) is 6. The van der Waals surface area contributed by atoms with Crippen molar-refractivity contribution in [2.24, 2.45) is 0 Å². The molecule has 0 bridgehead atoms. The molecule has 0 N–H and O–H groups in total. The molecule has 0 unspecified atom stereocenters. The first-order valence-corrected chi connectivity index (χ1v) is 7.55. The molecule has 3 rings (SSSR count). The summed E-state index contributed by atoms with van der Waals surface area (Å²) in [5.41, 5.74) is 0.00943. The molecule has 6 heteroatoms. The van der Waals surface area contributed by atoms with Crippen LogP contribution in [0.2, 0.25) is 0 Å². The van der Waals surface area contributed by atoms with Crippen LogP contribution in [0.4, 0.5) is 0 Å². The summed E-state index contributed by atoms with van der Waals surface area (Å²) < 4.78 is 21.5. The maximum Gasteiger partial charge on any atom is 0.308 e. The van der Waals surface area contributed by atoms with Crippen LogP contribution in [0.5, 0.6) is 23.0 Å². The Bertz CT molecular complexity index is 1000. The third-order valence-electron chi connectivity index (χ3n) is 3.51. The normalized spacial score (nSPS) is 10.5. The van der Waals surface area contributed by atoms with Crippen molar-refractivity contribution in [1.29, 1.82) is 0 Å². The number of carbonyl (C=O) groups excluding carboxylic acids is 1. The third kappa shape index (κ3) is 3.47. The summed E-state index contributed by atoms with van der Waals surface area (Å²) in [4.78, 5) is 23.8. The van der Waals surface area contributed by atoms with Gasteiger partial charge in [0.2, 0.25) is 11.2 Å². The average Bonchev–Trinajstić information content (AvgIpc) is 2.58. The molecule has 25 heavy (non-hydrogen) atoms. The van der Waals surface area contributed by atoms with Gasteiger partial charge < -0.3 is 18.6 Å². The van der Waals surface area contributed by atoms with E-state index in [0.717, 1.165) is 0 Å². The summed E-state index contributed by atoms with van der Waals surface area (Å²) >= 11 is 0. The molecule has 1 heterocycles. The molecule has 6 nitrogen and oxygen atoms in total. The Morgan fingerprint density at radius 1 is 1.04 bits per heavy atom. The van der Waals surface area contributed by atoms with Crippen molar-refractivity contribution in [3.05, 3.63) is 58.4 Å². The van der Waals surface area contributed by atoms with Crippen molar-refractivity contribution in [2.45, 2.75) is 13.8 Å². The average molecular weight is 340 g/mol. The molecule has 0 atom stereocenters. The van der Waals surface area contributed by atoms with Crippen LogP contribution in [-0.4, -0.2) is 13.1 Å². The highest BCUT2D eigenvalue weighted by molar-refractivity contribution is 5.81. The largest absolute Gasteiger partial charge is 0.497 e. The summed E-state index contributed by atoms with van der Waals surface area (Å²) in [5, 5.41) is 0.333. The molecule has 0 aliphatic carbocycles. The van der Waals surface area contributed by atoms with E-state index in [4.69, 9.17) is 18.6 Å². The molecule has 0 aliphatic heterocycles. The first-order valence-electron chi connectivity index (χ1n) is 7.55. The van der Waals surface area contributed by atoms with Crippen LogP contribution in [0.25, 0.3) is 11.0 Å². The lowest BCUT2D eigenvalue weighted by molar-refractivity contribution is -0.131. The minimum absolute atomic E-state index is 0.0981. The number of ether oxygens (including phenoxy) is 3. The van der Waals surface area contributed by atoms with Gasteiger partial charge in [-0.05, 0) is 31.2 Å². The SMILES string of the molecule is COc1cccc(Oc2c(C)oc3cc(OC(C)=O)ccc3c2=O)c1. The van der Waals surface area contributed by atoms with Crippen LogP contribution >= 0.6 is 0 Å². The number of hydrogen-bond donors (Lipinski definition) is 0. The fourth-order valence-corrected chi connectivity index (χ4v) is 2.40. The van der Waals surface area contributed by atoms with E-state index in [1.807, 2.05) is 0 Å². The Kier molecular flexibility index (Phi) is 4.43. The summed E-state index contributed by atoms with van der Waals surface area (Å²) in [6, 6.07) is 11.5. The van der Waals surface area contributed by atoms with Crippen molar-refractivity contribution >= 4 is 16.9 Å². The molecule has 2 aromatic carbocycles. The first kappa shape index (κ1) is 16.6. The van der Waals surface area contributed by atoms with Gasteiger partial charge in [0.15, 0.2) is 0 Å². The molecule has 0 fully saturated rings. The Hall–Kier alpha value is -3.28. The Morgan fingerprint density at radius 2 is 1.80 bits per heavy atom. The van der Waals surface area contributed by atoms with Gasteiger partial charge in [-0.15, -0.1) is 0 Å². The van der Waals surface area contributed by atoms with Crippen LogP contribution < -0.4 is 19.6 Å². The Labute approximate surface area is 143 Å². The quantitative estimate of drug-likeness (QED) is 0.531. The molecule has 0 radical (unpaired) electrons. The lowest BCUT2D eigenvalue weighted by Gasteiger charge is -2.10. The van der Waals surface area contributed by atoms with E-state index in [1.54, 1.807) is 38.3 Å². The molecule has 0 saturated carbocycles. The molecule has 0 spiro atoms. The molecule has 1 aromatic heterocycles. The van der Waals surface area contributed by atoms with Gasteiger partial charge in [0, 0.05) is 19.1 Å². The maximum atomic E-state index is 12.7. The standard InChI is InChI=1S/C19H16O6/c1-11-19(25-14-6-4-5-13(9-14)22-3)18(21)16-8-7-15(24-12(2)20)10-17(16)23-11/h4-10H,1-3H3. The van der Waals surface area contributed by atoms with Crippen LogP contribution in [-0.2, 0) is 4.79 Å². The Morgan fingerprint density at radius 3 is 2.52 bits per heavy atom. The molecule has 128 valence electrons. The van der Waals surface area contributed by atoms with E-state index < -0.39 is 5.97 Å². The molecule has 0 saturated heterocycles. The van der Waals surface area contributed by atoms with E-state index in [1.165, 1.54) is 25.1 Å². The smallest absolute Gasteiger partial charge is 0.308 e. The lowest BCUT2D eigenvalue weighted by atomic mass is 10.2. The zero-order valence-corrected chi connectivity index (χ0v) is 14.0. The maximum absolute atomic E-state index is 12.7. The summed E-state index contributed by atoms with van der Waals surface area (Å²) in [6.07, 6.45) is 0. The topological polar surface area (TPSA) is 75.0 Å². The number of esters is 1. The van der Waals surface area contributed by atoms with Gasteiger partial charge in [-0.2, -0.15) is 0 Å². The zero-order chi connectivity index (χ0) is 18.0. The summed E-state index contributed by atoms with van der Waals surface area (Å²) in [6.45, 7) is 2.94. The summed E-state index contributed by atoms with van der Waals surface area (Å²) in [7, 11) is 1.55. The lowest BCUT2D eigenvalue weighted by Crippen LogP contribution is -2.08. The second-order valence-corrected chi connectivity index (χ2v) is 5.35. The van der Waals surface area contributed by atoms with Gasteiger partial charge in [-0.25, -0.2) is 0 Å². The van der Waals surface area contributed by atoms with Crippen LogP contribution in [0.3, 0.4) is 0 Å². The van der Waals surface area contributed by atoms with Crippen molar-refractivity contribution in [3.8, 4) is 23.0 Å². The van der Waals surface area contributed by atoms with E-state index in [0.29, 0.717) is 34.0 Å². The van der Waals surface area contributed by atoms with Crippen LogP contribution in [0, 0.1) is 6.92 Å². The van der Waals surface area contributed by atoms with E-state index in [9.17, 15) is 9.59 Å². The van der Waals surface area contributed by atoms with Gasteiger partial charge >= 0.3 is 5.97 Å². The van der Waals surface area contributed by atoms with Crippen molar-refractivity contribution in [1.82, 2.24) is 0 Å². The molecule has 3 aromatic rings. The van der Waals surface area contributed by atoms with Gasteiger partial charge in [0.05, 0.1) is 12.5 Å². The second-order valence-electron chi connectivity index (χ2n) is 5.35. The minimum atomic E-state index is -0.448. The van der Waals surface area contributed by atoms with Gasteiger partial charge in [0.1, 0.15) is 28.6 Å². The van der Waals surface area contributed by atoms with E-state index in [-0.39, 0.29) is 11.2 Å². The summed E-state index contributed by atoms with van der Waals surface area (Å²) in [5.74, 6) is 1.36. The number of aryl methyl sites for hydroxylation is 1. The number of fused-ring (bicyclic) bond motifs is 1. The fourth-order valence-electron chi connectivity index (χ4n) is 2.40. The molecular weight excluding hydrogens is 324 g/mol. The third-order valence-corrected chi connectivity index (χ3v) is 3.51. The molecule has 0 aliphatic rings. The highest BCUT2D eigenvalue weighted by Gasteiger charge is 2.15. The van der Waals surface area contributed by atoms with E-state index in [2.05, 4.69) is 0 Å². The van der Waals surface area contributed by atoms with Crippen molar-refractivity contribution in [2.75, 3.05) is 7.11 Å². The monoisotopic (exact) mass is 340 g/mol. The molecule has 0 amide bonds. The van der Waals surface area contributed by atoms with Crippen molar-refractivity contribution in [3.63, 3.8) is 0 Å². The number of methoxy groups -OCH3 is 1. The number of benzene rings is 2. The Balaban J connectivity index is 2.04. The zero-order valence-electron chi connectivity index (χ0n) is 14.0. The van der Waals surface area contributed by atoms with Crippen molar-refractivity contribution < 1.29 is 23.4 Å². The number of rotatable bonds is 4. The van der Waals surface area contributed by atoms with E-state index >= 15 is 0 Å². The second kappa shape index (κ2) is 6.68. The van der Waals surface area contributed by atoms with Crippen LogP contribution in [0.1, 0.15) is 12.7 Å². The predicted octanol–water partition coefficient (Wildman–Crippen LogP) is 3.83. The number of carbonyl (C=O) groups is 1. The highest BCUT2D eigenvalue weighted by Crippen LogP contribution is 2.28. The minimum Gasteiger partial charge on any atom is -0.497 e. The van der Waals surface area contributed by atoms with Crippen LogP contribution in [0.15, 0.2) is 51.7 Å².